The topological polar surface area (TPSA) is 86.0 Å². The molecule has 3 aromatic rings. The second-order valence-corrected chi connectivity index (χ2v) is 7.31. The molecule has 0 saturated heterocycles. The van der Waals surface area contributed by atoms with Gasteiger partial charge in [-0.3, -0.25) is 24.3 Å². The first-order valence-corrected chi connectivity index (χ1v) is 9.66. The van der Waals surface area contributed by atoms with Crippen LogP contribution in [-0.4, -0.2) is 31.7 Å². The molecule has 9 heteroatoms. The number of nitrogens with one attached hydrogen (secondary N) is 1. The number of rotatable bonds is 6. The summed E-state index contributed by atoms with van der Waals surface area (Å²) in [6, 6.07) is 8.17. The van der Waals surface area contributed by atoms with Crippen molar-refractivity contribution in [1.29, 1.82) is 0 Å². The molecular weight excluding hydrogens is 400 g/mol. The van der Waals surface area contributed by atoms with E-state index in [1.165, 1.54) is 4.57 Å². The van der Waals surface area contributed by atoms with Gasteiger partial charge < -0.3 is 4.57 Å². The lowest BCUT2D eigenvalue weighted by Crippen LogP contribution is -2.33. The number of imide groups is 1. The standard InChI is InChI=1S/C19H17ClN4O3S/c1-3-8-24-18(27)13-7-6-12(20)10-14(13)21-19(24)28-11-16(25)22-17(26)15-5-4-9-23(15)2/h3-7,9-10H,1,8,11H2,2H3,(H,22,25,26). The molecule has 0 fully saturated rings. The molecule has 0 aliphatic rings. The van der Waals surface area contributed by atoms with Crippen LogP contribution in [0.15, 0.2) is 59.1 Å². The van der Waals surface area contributed by atoms with Crippen LogP contribution in [0, 0.1) is 0 Å². The Balaban J connectivity index is 1.81. The summed E-state index contributed by atoms with van der Waals surface area (Å²) in [6.45, 7) is 3.91. The molecule has 0 saturated carbocycles. The molecule has 144 valence electrons. The average Bonchev–Trinajstić information content (AvgIpc) is 3.08. The van der Waals surface area contributed by atoms with Gasteiger partial charge in [-0.15, -0.1) is 6.58 Å². The minimum Gasteiger partial charge on any atom is -0.347 e. The van der Waals surface area contributed by atoms with Crippen LogP contribution in [0.4, 0.5) is 0 Å². The Morgan fingerprint density at radius 1 is 1.36 bits per heavy atom. The first kappa shape index (κ1) is 19.9. The van der Waals surface area contributed by atoms with Crippen LogP contribution in [0.1, 0.15) is 10.5 Å². The molecule has 1 N–H and O–H groups in total. The van der Waals surface area contributed by atoms with Crippen molar-refractivity contribution in [3.63, 3.8) is 0 Å². The van der Waals surface area contributed by atoms with Crippen molar-refractivity contribution < 1.29 is 9.59 Å². The van der Waals surface area contributed by atoms with Crippen molar-refractivity contribution in [3.8, 4) is 0 Å². The van der Waals surface area contributed by atoms with Crippen LogP contribution >= 0.6 is 23.4 Å². The third kappa shape index (κ3) is 4.18. The fourth-order valence-corrected chi connectivity index (χ4v) is 3.60. The lowest BCUT2D eigenvalue weighted by molar-refractivity contribution is -0.117. The summed E-state index contributed by atoms with van der Waals surface area (Å²) in [7, 11) is 1.71. The van der Waals surface area contributed by atoms with Gasteiger partial charge in [-0.1, -0.05) is 29.4 Å². The monoisotopic (exact) mass is 416 g/mol. The molecule has 0 radical (unpaired) electrons. The number of thioether (sulfide) groups is 1. The van der Waals surface area contributed by atoms with Crippen LogP contribution in [0.25, 0.3) is 10.9 Å². The van der Waals surface area contributed by atoms with Crippen LogP contribution < -0.4 is 10.9 Å². The number of amides is 2. The first-order valence-electron chi connectivity index (χ1n) is 8.30. The Bertz CT molecular complexity index is 1140. The van der Waals surface area contributed by atoms with Crippen LogP contribution in [0.5, 0.6) is 0 Å². The minimum absolute atomic E-state index is 0.0776. The Labute approximate surface area is 170 Å². The summed E-state index contributed by atoms with van der Waals surface area (Å²) >= 11 is 7.06. The predicted octanol–water partition coefficient (Wildman–Crippen LogP) is 2.62. The van der Waals surface area contributed by atoms with Gasteiger partial charge in [0.05, 0.1) is 16.7 Å². The highest BCUT2D eigenvalue weighted by Gasteiger charge is 2.16. The molecule has 0 unspecified atom stereocenters. The Morgan fingerprint density at radius 2 is 2.14 bits per heavy atom. The van der Waals surface area contributed by atoms with E-state index in [-0.39, 0.29) is 17.9 Å². The Hall–Kier alpha value is -2.84. The van der Waals surface area contributed by atoms with E-state index in [0.29, 0.717) is 26.8 Å². The van der Waals surface area contributed by atoms with Crippen molar-refractivity contribution in [2.75, 3.05) is 5.75 Å². The third-order valence-electron chi connectivity index (χ3n) is 3.96. The number of carbonyl (C=O) groups excluding carboxylic acids is 2. The zero-order valence-corrected chi connectivity index (χ0v) is 16.6. The molecule has 28 heavy (non-hydrogen) atoms. The molecule has 0 atom stereocenters. The van der Waals surface area contributed by atoms with E-state index < -0.39 is 11.8 Å². The molecule has 0 aliphatic carbocycles. The summed E-state index contributed by atoms with van der Waals surface area (Å²) < 4.78 is 3.05. The number of fused-ring (bicyclic) bond motifs is 1. The summed E-state index contributed by atoms with van der Waals surface area (Å²) in [6.07, 6.45) is 3.29. The lowest BCUT2D eigenvalue weighted by atomic mass is 10.2. The Morgan fingerprint density at radius 3 is 2.82 bits per heavy atom. The quantitative estimate of drug-likeness (QED) is 0.379. The van der Waals surface area contributed by atoms with Gasteiger partial charge in [0.25, 0.3) is 11.5 Å². The highest BCUT2D eigenvalue weighted by atomic mass is 35.5. The van der Waals surface area contributed by atoms with Gasteiger partial charge in [0, 0.05) is 24.8 Å². The normalized spacial score (nSPS) is 10.8. The fourth-order valence-electron chi connectivity index (χ4n) is 2.63. The molecule has 2 aromatic heterocycles. The van der Waals surface area contributed by atoms with Crippen molar-refractivity contribution in [2.45, 2.75) is 11.7 Å². The predicted molar refractivity (Wildman–Crippen MR) is 110 cm³/mol. The van der Waals surface area contributed by atoms with Gasteiger partial charge in [-0.05, 0) is 30.3 Å². The van der Waals surface area contributed by atoms with Gasteiger partial charge >= 0.3 is 0 Å². The van der Waals surface area contributed by atoms with Crippen LogP contribution in [-0.2, 0) is 18.4 Å². The first-order chi connectivity index (χ1) is 13.4. The molecule has 2 amide bonds. The average molecular weight is 417 g/mol. The van der Waals surface area contributed by atoms with E-state index in [4.69, 9.17) is 11.6 Å². The van der Waals surface area contributed by atoms with E-state index in [9.17, 15) is 14.4 Å². The molecule has 2 heterocycles. The zero-order valence-electron chi connectivity index (χ0n) is 15.0. The third-order valence-corrected chi connectivity index (χ3v) is 5.17. The number of halogens is 1. The number of nitrogens with zero attached hydrogens (tertiary/aromatic N) is 3. The summed E-state index contributed by atoms with van der Waals surface area (Å²) in [5.41, 5.74) is 0.574. The maximum Gasteiger partial charge on any atom is 0.274 e. The number of allylic oxidation sites excluding steroid dienone is 1. The molecule has 1 aromatic carbocycles. The number of carbonyl (C=O) groups is 2. The van der Waals surface area contributed by atoms with E-state index in [2.05, 4.69) is 16.9 Å². The van der Waals surface area contributed by atoms with Gasteiger partial charge in [0.2, 0.25) is 5.91 Å². The van der Waals surface area contributed by atoms with Crippen molar-refractivity contribution in [2.24, 2.45) is 7.05 Å². The van der Waals surface area contributed by atoms with E-state index in [1.807, 2.05) is 0 Å². The van der Waals surface area contributed by atoms with Crippen LogP contribution in [0.2, 0.25) is 5.02 Å². The number of benzene rings is 1. The van der Waals surface area contributed by atoms with Crippen molar-refractivity contribution in [1.82, 2.24) is 19.4 Å². The number of aromatic nitrogens is 3. The van der Waals surface area contributed by atoms with Gasteiger partial charge in [0.15, 0.2) is 5.16 Å². The molecule has 0 bridgehead atoms. The minimum atomic E-state index is -0.486. The van der Waals surface area contributed by atoms with Crippen LogP contribution in [0.3, 0.4) is 0 Å². The highest BCUT2D eigenvalue weighted by Crippen LogP contribution is 2.20. The van der Waals surface area contributed by atoms with Gasteiger partial charge in [-0.25, -0.2) is 4.98 Å². The van der Waals surface area contributed by atoms with E-state index in [1.54, 1.807) is 54.2 Å². The molecular formula is C19H17ClN4O3S. The SMILES string of the molecule is C=CCn1c(SCC(=O)NC(=O)c2cccn2C)nc2cc(Cl)ccc2c1=O. The molecule has 3 rings (SSSR count). The lowest BCUT2D eigenvalue weighted by Gasteiger charge is -2.11. The second kappa shape index (κ2) is 8.45. The maximum absolute atomic E-state index is 12.7. The smallest absolute Gasteiger partial charge is 0.274 e. The van der Waals surface area contributed by atoms with Crippen molar-refractivity contribution in [3.05, 3.63) is 70.3 Å². The fraction of sp³-hybridized carbons (Fsp3) is 0.158. The summed E-state index contributed by atoms with van der Waals surface area (Å²) in [5.74, 6) is -1.05. The maximum atomic E-state index is 12.7. The summed E-state index contributed by atoms with van der Waals surface area (Å²) in [4.78, 5) is 41.5. The van der Waals surface area contributed by atoms with Gasteiger partial charge in [-0.2, -0.15) is 0 Å². The number of hydrogen-bond acceptors (Lipinski definition) is 5. The van der Waals surface area contributed by atoms with Gasteiger partial charge in [0.1, 0.15) is 5.69 Å². The largest absolute Gasteiger partial charge is 0.347 e. The van der Waals surface area contributed by atoms with E-state index in [0.717, 1.165) is 11.8 Å². The number of hydrogen-bond donors (Lipinski definition) is 1. The highest BCUT2D eigenvalue weighted by molar-refractivity contribution is 7.99. The molecule has 7 nitrogen and oxygen atoms in total. The zero-order chi connectivity index (χ0) is 20.3. The number of aryl methyl sites for hydroxylation is 1. The molecule has 0 aliphatic heterocycles. The van der Waals surface area contributed by atoms with E-state index >= 15 is 0 Å². The summed E-state index contributed by atoms with van der Waals surface area (Å²) in [5, 5.41) is 3.57. The van der Waals surface area contributed by atoms with Crippen molar-refractivity contribution >= 4 is 46.1 Å². The second-order valence-electron chi connectivity index (χ2n) is 5.93. The molecule has 0 spiro atoms. The Kier molecular flexibility index (Phi) is 6.01.